The summed E-state index contributed by atoms with van der Waals surface area (Å²) < 4.78 is 15.5. The van der Waals surface area contributed by atoms with Gasteiger partial charge < -0.3 is 5.73 Å². The predicted octanol–water partition coefficient (Wildman–Crippen LogP) is 2.21. The van der Waals surface area contributed by atoms with Gasteiger partial charge in [0.2, 0.25) is 0 Å². The number of halogens is 1. The van der Waals surface area contributed by atoms with Gasteiger partial charge in [-0.2, -0.15) is 5.10 Å². The minimum atomic E-state index is -0.272. The lowest BCUT2D eigenvalue weighted by Gasteiger charge is -2.12. The Morgan fingerprint density at radius 3 is 2.82 bits per heavy atom. The SMILES string of the molecule is Cc1cnn(-c2c(F)cccc2CC(C)N)c1. The minimum Gasteiger partial charge on any atom is -0.328 e. The van der Waals surface area contributed by atoms with Crippen molar-refractivity contribution in [2.45, 2.75) is 26.3 Å². The molecule has 0 amide bonds. The zero-order chi connectivity index (χ0) is 12.4. The molecule has 3 nitrogen and oxygen atoms in total. The first-order valence-corrected chi connectivity index (χ1v) is 5.62. The van der Waals surface area contributed by atoms with Gasteiger partial charge in [0.15, 0.2) is 0 Å². The first-order valence-electron chi connectivity index (χ1n) is 5.62. The largest absolute Gasteiger partial charge is 0.328 e. The molecular weight excluding hydrogens is 217 g/mol. The Balaban J connectivity index is 2.50. The summed E-state index contributed by atoms with van der Waals surface area (Å²) in [6, 6.07) is 5.02. The zero-order valence-corrected chi connectivity index (χ0v) is 10.0. The molecule has 1 aromatic carbocycles. The second-order valence-corrected chi connectivity index (χ2v) is 4.39. The molecule has 0 aliphatic carbocycles. The van der Waals surface area contributed by atoms with Crippen molar-refractivity contribution in [1.82, 2.24) is 9.78 Å². The maximum absolute atomic E-state index is 13.9. The molecular formula is C13H16FN3. The molecule has 0 saturated heterocycles. The molecule has 0 saturated carbocycles. The second kappa shape index (κ2) is 4.67. The van der Waals surface area contributed by atoms with Crippen LogP contribution in [0.15, 0.2) is 30.6 Å². The van der Waals surface area contributed by atoms with Gasteiger partial charge in [-0.05, 0) is 37.5 Å². The maximum Gasteiger partial charge on any atom is 0.149 e. The molecule has 0 fully saturated rings. The molecule has 4 heteroatoms. The molecule has 17 heavy (non-hydrogen) atoms. The summed E-state index contributed by atoms with van der Waals surface area (Å²) in [7, 11) is 0. The van der Waals surface area contributed by atoms with Crippen LogP contribution in [0.1, 0.15) is 18.1 Å². The zero-order valence-electron chi connectivity index (χ0n) is 10.0. The van der Waals surface area contributed by atoms with Crippen molar-refractivity contribution >= 4 is 0 Å². The Kier molecular flexibility index (Phi) is 3.24. The van der Waals surface area contributed by atoms with Crippen LogP contribution in [0, 0.1) is 12.7 Å². The number of aryl methyl sites for hydroxylation is 1. The smallest absolute Gasteiger partial charge is 0.149 e. The summed E-state index contributed by atoms with van der Waals surface area (Å²) in [4.78, 5) is 0. The molecule has 2 N–H and O–H groups in total. The van der Waals surface area contributed by atoms with Gasteiger partial charge in [-0.3, -0.25) is 0 Å². The highest BCUT2D eigenvalue weighted by atomic mass is 19.1. The lowest BCUT2D eigenvalue weighted by Crippen LogP contribution is -2.19. The highest BCUT2D eigenvalue weighted by molar-refractivity contribution is 5.42. The first kappa shape index (κ1) is 11.8. The van der Waals surface area contributed by atoms with Crippen LogP contribution in [0.4, 0.5) is 4.39 Å². The van der Waals surface area contributed by atoms with Gasteiger partial charge in [0.1, 0.15) is 11.5 Å². The van der Waals surface area contributed by atoms with Gasteiger partial charge in [-0.25, -0.2) is 9.07 Å². The van der Waals surface area contributed by atoms with E-state index in [2.05, 4.69) is 5.10 Å². The molecule has 1 aromatic heterocycles. The van der Waals surface area contributed by atoms with E-state index in [0.29, 0.717) is 12.1 Å². The fourth-order valence-electron chi connectivity index (χ4n) is 1.86. The van der Waals surface area contributed by atoms with E-state index in [4.69, 9.17) is 5.73 Å². The lowest BCUT2D eigenvalue weighted by molar-refractivity contribution is 0.603. The van der Waals surface area contributed by atoms with Gasteiger partial charge in [-0.1, -0.05) is 12.1 Å². The number of hydrogen-bond donors (Lipinski definition) is 1. The van der Waals surface area contributed by atoms with Gasteiger partial charge in [0, 0.05) is 12.2 Å². The topological polar surface area (TPSA) is 43.8 Å². The van der Waals surface area contributed by atoms with Gasteiger partial charge in [0.25, 0.3) is 0 Å². The Morgan fingerprint density at radius 2 is 2.24 bits per heavy atom. The Bertz CT molecular complexity index is 517. The minimum absolute atomic E-state index is 0.00721. The Labute approximate surface area is 100 Å². The highest BCUT2D eigenvalue weighted by Gasteiger charge is 2.12. The van der Waals surface area contributed by atoms with E-state index >= 15 is 0 Å². The van der Waals surface area contributed by atoms with Crippen LogP contribution in [0.25, 0.3) is 5.69 Å². The number of para-hydroxylation sites is 1. The van der Waals surface area contributed by atoms with Crippen molar-refractivity contribution in [2.24, 2.45) is 5.73 Å². The summed E-state index contributed by atoms with van der Waals surface area (Å²) in [5, 5.41) is 4.15. The number of hydrogen-bond acceptors (Lipinski definition) is 2. The van der Waals surface area contributed by atoms with Crippen LogP contribution in [-0.4, -0.2) is 15.8 Å². The van der Waals surface area contributed by atoms with Crippen LogP contribution < -0.4 is 5.73 Å². The molecule has 0 radical (unpaired) electrons. The molecule has 1 heterocycles. The number of benzene rings is 1. The van der Waals surface area contributed by atoms with Crippen molar-refractivity contribution < 1.29 is 4.39 Å². The summed E-state index contributed by atoms with van der Waals surface area (Å²) in [6.45, 7) is 3.83. The van der Waals surface area contributed by atoms with E-state index in [1.165, 1.54) is 6.07 Å². The normalized spacial score (nSPS) is 12.7. The molecule has 0 bridgehead atoms. The van der Waals surface area contributed by atoms with E-state index in [1.54, 1.807) is 16.9 Å². The standard InChI is InChI=1S/C13H16FN3/c1-9-7-16-17(8-9)13-11(6-10(2)15)4-3-5-12(13)14/h3-5,7-8,10H,6,15H2,1-2H3. The lowest BCUT2D eigenvalue weighted by atomic mass is 10.1. The fraction of sp³-hybridized carbons (Fsp3) is 0.308. The predicted molar refractivity (Wildman–Crippen MR) is 65.6 cm³/mol. The van der Waals surface area contributed by atoms with Crippen LogP contribution in [0.5, 0.6) is 0 Å². The van der Waals surface area contributed by atoms with E-state index in [1.807, 2.05) is 26.1 Å². The number of nitrogens with zero attached hydrogens (tertiary/aromatic N) is 2. The van der Waals surface area contributed by atoms with Crippen LogP contribution in [0.2, 0.25) is 0 Å². The fourth-order valence-corrected chi connectivity index (χ4v) is 1.86. The monoisotopic (exact) mass is 233 g/mol. The van der Waals surface area contributed by atoms with E-state index in [-0.39, 0.29) is 11.9 Å². The van der Waals surface area contributed by atoms with Crippen LogP contribution >= 0.6 is 0 Å². The Morgan fingerprint density at radius 1 is 1.47 bits per heavy atom. The van der Waals surface area contributed by atoms with Crippen molar-refractivity contribution in [2.75, 3.05) is 0 Å². The number of nitrogens with two attached hydrogens (primary N) is 1. The molecule has 1 unspecified atom stereocenters. The quantitative estimate of drug-likeness (QED) is 0.883. The van der Waals surface area contributed by atoms with Crippen molar-refractivity contribution in [3.63, 3.8) is 0 Å². The van der Waals surface area contributed by atoms with Crippen molar-refractivity contribution in [1.29, 1.82) is 0 Å². The van der Waals surface area contributed by atoms with Gasteiger partial charge in [-0.15, -0.1) is 0 Å². The summed E-state index contributed by atoms with van der Waals surface area (Å²) in [5.74, 6) is -0.272. The molecule has 0 aliphatic heterocycles. The first-order chi connectivity index (χ1) is 8.08. The highest BCUT2D eigenvalue weighted by Crippen LogP contribution is 2.19. The van der Waals surface area contributed by atoms with Crippen LogP contribution in [-0.2, 0) is 6.42 Å². The van der Waals surface area contributed by atoms with E-state index < -0.39 is 0 Å². The summed E-state index contributed by atoms with van der Waals surface area (Å²) in [5.41, 5.74) is 8.15. The van der Waals surface area contributed by atoms with Gasteiger partial charge >= 0.3 is 0 Å². The molecule has 90 valence electrons. The van der Waals surface area contributed by atoms with Crippen LogP contribution in [0.3, 0.4) is 0 Å². The number of rotatable bonds is 3. The average Bonchev–Trinajstić information content (AvgIpc) is 2.64. The van der Waals surface area contributed by atoms with E-state index in [9.17, 15) is 4.39 Å². The van der Waals surface area contributed by atoms with Gasteiger partial charge in [0.05, 0.1) is 6.20 Å². The maximum atomic E-state index is 13.9. The summed E-state index contributed by atoms with van der Waals surface area (Å²) in [6.07, 6.45) is 4.15. The van der Waals surface area contributed by atoms with Crippen molar-refractivity contribution in [3.05, 3.63) is 47.5 Å². The third kappa shape index (κ3) is 2.53. The third-order valence-electron chi connectivity index (χ3n) is 2.55. The third-order valence-corrected chi connectivity index (χ3v) is 2.55. The molecule has 2 rings (SSSR count). The summed E-state index contributed by atoms with van der Waals surface area (Å²) >= 11 is 0. The second-order valence-electron chi connectivity index (χ2n) is 4.39. The molecule has 1 atom stereocenters. The molecule has 2 aromatic rings. The van der Waals surface area contributed by atoms with E-state index in [0.717, 1.165) is 11.1 Å². The Hall–Kier alpha value is -1.68. The number of aromatic nitrogens is 2. The molecule has 0 spiro atoms. The average molecular weight is 233 g/mol. The van der Waals surface area contributed by atoms with Crippen molar-refractivity contribution in [3.8, 4) is 5.69 Å². The molecule has 0 aliphatic rings.